The Labute approximate surface area is 180 Å². The predicted molar refractivity (Wildman–Crippen MR) is 116 cm³/mol. The van der Waals surface area contributed by atoms with Gasteiger partial charge in [-0.25, -0.2) is 4.79 Å². The van der Waals surface area contributed by atoms with Crippen LogP contribution in [0.15, 0.2) is 42.5 Å². The van der Waals surface area contributed by atoms with Crippen molar-refractivity contribution in [3.05, 3.63) is 48.0 Å². The van der Waals surface area contributed by atoms with Gasteiger partial charge in [0.25, 0.3) is 0 Å². The van der Waals surface area contributed by atoms with E-state index in [2.05, 4.69) is 16.0 Å². The molecule has 3 N–H and O–H groups in total. The molecule has 164 valence electrons. The van der Waals surface area contributed by atoms with Crippen LogP contribution in [0.4, 0.5) is 16.2 Å². The summed E-state index contributed by atoms with van der Waals surface area (Å²) in [6.45, 7) is 4.50. The summed E-state index contributed by atoms with van der Waals surface area (Å²) in [6, 6.07) is 11.8. The third-order valence-electron chi connectivity index (χ3n) is 4.58. The van der Waals surface area contributed by atoms with Crippen molar-refractivity contribution in [3.8, 4) is 11.5 Å². The summed E-state index contributed by atoms with van der Waals surface area (Å²) >= 11 is 0. The summed E-state index contributed by atoms with van der Waals surface area (Å²) in [5.74, 6) is 0.398. The van der Waals surface area contributed by atoms with Crippen LogP contribution in [0.2, 0.25) is 0 Å². The fourth-order valence-corrected chi connectivity index (χ4v) is 3.14. The summed E-state index contributed by atoms with van der Waals surface area (Å²) in [5.41, 5.74) is 2.16. The quantitative estimate of drug-likeness (QED) is 0.599. The second kappa shape index (κ2) is 10.4. The van der Waals surface area contributed by atoms with Crippen molar-refractivity contribution in [3.63, 3.8) is 0 Å². The number of urea groups is 1. The smallest absolute Gasteiger partial charge is 0.325 e. The largest absolute Gasteiger partial charge is 0.454 e. The molecular weight excluding hydrogens is 400 g/mol. The van der Waals surface area contributed by atoms with E-state index in [9.17, 15) is 14.4 Å². The number of hydrogen-bond donors (Lipinski definition) is 3. The van der Waals surface area contributed by atoms with Crippen LogP contribution in [0.5, 0.6) is 11.5 Å². The number of rotatable bonds is 8. The first-order valence-corrected chi connectivity index (χ1v) is 10.0. The Balaban J connectivity index is 1.49. The lowest BCUT2D eigenvalue weighted by atomic mass is 10.2. The van der Waals surface area contributed by atoms with Crippen LogP contribution in [0, 0.1) is 6.92 Å². The molecule has 2 aromatic carbocycles. The number of aryl methyl sites for hydroxylation is 1. The molecule has 0 unspecified atom stereocenters. The molecule has 0 atom stereocenters. The van der Waals surface area contributed by atoms with E-state index in [1.165, 1.54) is 0 Å². The molecule has 1 aliphatic rings. The van der Waals surface area contributed by atoms with E-state index in [0.29, 0.717) is 23.7 Å². The minimum Gasteiger partial charge on any atom is -0.454 e. The Morgan fingerprint density at radius 1 is 0.968 bits per heavy atom. The number of para-hydroxylation sites is 1. The molecule has 3 rings (SSSR count). The lowest BCUT2D eigenvalue weighted by Gasteiger charge is -2.20. The van der Waals surface area contributed by atoms with Crippen molar-refractivity contribution in [2.45, 2.75) is 20.3 Å². The van der Waals surface area contributed by atoms with Gasteiger partial charge in [0, 0.05) is 17.4 Å². The van der Waals surface area contributed by atoms with E-state index in [0.717, 1.165) is 17.7 Å². The Hall–Kier alpha value is -3.59. The van der Waals surface area contributed by atoms with Gasteiger partial charge in [0.1, 0.15) is 0 Å². The van der Waals surface area contributed by atoms with Gasteiger partial charge in [-0.15, -0.1) is 0 Å². The zero-order valence-electron chi connectivity index (χ0n) is 17.6. The maximum Gasteiger partial charge on any atom is 0.325 e. The summed E-state index contributed by atoms with van der Waals surface area (Å²) in [5, 5.41) is 7.72. The topological polar surface area (TPSA) is 109 Å². The number of carbonyl (C=O) groups excluding carboxylic acids is 3. The molecule has 0 radical (unpaired) electrons. The molecule has 9 heteroatoms. The molecule has 0 fully saturated rings. The molecule has 31 heavy (non-hydrogen) atoms. The molecule has 1 aliphatic heterocycles. The fraction of sp³-hybridized carbons (Fsp3) is 0.318. The standard InChI is InChI=1S/C22H26N4O5/c1-3-10-26(12-20(27)24-17-7-5-4-6-15(17)2)13-21(28)25-22(29)23-16-8-9-18-19(11-16)31-14-30-18/h4-9,11H,3,10,12-14H2,1-2H3,(H,24,27)(H2,23,25,28,29). The number of carbonyl (C=O) groups is 3. The fourth-order valence-electron chi connectivity index (χ4n) is 3.14. The van der Waals surface area contributed by atoms with Gasteiger partial charge < -0.3 is 20.1 Å². The number of benzene rings is 2. The lowest BCUT2D eigenvalue weighted by molar-refractivity contribution is -0.122. The molecule has 0 saturated carbocycles. The SMILES string of the molecule is CCCN(CC(=O)NC(=O)Nc1ccc2c(c1)OCO2)CC(=O)Nc1ccccc1C. The van der Waals surface area contributed by atoms with Crippen molar-refractivity contribution < 1.29 is 23.9 Å². The van der Waals surface area contributed by atoms with E-state index in [1.54, 1.807) is 23.1 Å². The van der Waals surface area contributed by atoms with Crippen LogP contribution < -0.4 is 25.4 Å². The third-order valence-corrected chi connectivity index (χ3v) is 4.58. The third kappa shape index (κ3) is 6.45. The Kier molecular flexibility index (Phi) is 7.45. The first kappa shape index (κ1) is 22.1. The molecule has 0 spiro atoms. The van der Waals surface area contributed by atoms with Crippen LogP contribution >= 0.6 is 0 Å². The highest BCUT2D eigenvalue weighted by Gasteiger charge is 2.18. The molecule has 0 saturated heterocycles. The van der Waals surface area contributed by atoms with Crippen LogP contribution in [0.25, 0.3) is 0 Å². The number of fused-ring (bicyclic) bond motifs is 1. The number of amides is 4. The normalized spacial score (nSPS) is 11.8. The summed E-state index contributed by atoms with van der Waals surface area (Å²) in [6.07, 6.45) is 0.758. The molecule has 0 aromatic heterocycles. The number of ether oxygens (including phenoxy) is 2. The van der Waals surface area contributed by atoms with Crippen molar-refractivity contribution in [1.29, 1.82) is 0 Å². The minimum absolute atomic E-state index is 0.0410. The van der Waals surface area contributed by atoms with Gasteiger partial charge in [-0.2, -0.15) is 0 Å². The summed E-state index contributed by atoms with van der Waals surface area (Å²) < 4.78 is 10.5. The summed E-state index contributed by atoms with van der Waals surface area (Å²) in [4.78, 5) is 38.6. The maximum atomic E-state index is 12.4. The monoisotopic (exact) mass is 426 g/mol. The van der Waals surface area contributed by atoms with E-state index < -0.39 is 11.9 Å². The van der Waals surface area contributed by atoms with Crippen LogP contribution in [0.1, 0.15) is 18.9 Å². The van der Waals surface area contributed by atoms with Crippen molar-refractivity contribution in [1.82, 2.24) is 10.2 Å². The molecule has 0 bridgehead atoms. The number of nitrogens with one attached hydrogen (secondary N) is 3. The molecule has 1 heterocycles. The van der Waals surface area contributed by atoms with Crippen LogP contribution in [-0.4, -0.2) is 49.2 Å². The van der Waals surface area contributed by atoms with Gasteiger partial charge in [-0.3, -0.25) is 19.8 Å². The van der Waals surface area contributed by atoms with E-state index in [-0.39, 0.29) is 25.8 Å². The first-order chi connectivity index (χ1) is 14.9. The molecule has 9 nitrogen and oxygen atoms in total. The van der Waals surface area contributed by atoms with E-state index in [1.807, 2.05) is 38.1 Å². The number of imide groups is 1. The first-order valence-electron chi connectivity index (χ1n) is 10.0. The van der Waals surface area contributed by atoms with Gasteiger partial charge in [0.05, 0.1) is 13.1 Å². The maximum absolute atomic E-state index is 12.4. The predicted octanol–water partition coefficient (Wildman–Crippen LogP) is 2.72. The van der Waals surface area contributed by atoms with Crippen LogP contribution in [-0.2, 0) is 9.59 Å². The zero-order chi connectivity index (χ0) is 22.2. The number of nitrogens with zero attached hydrogens (tertiary/aromatic N) is 1. The Bertz CT molecular complexity index is 963. The highest BCUT2D eigenvalue weighted by molar-refractivity contribution is 6.02. The average molecular weight is 426 g/mol. The van der Waals surface area contributed by atoms with Gasteiger partial charge in [-0.05, 0) is 43.7 Å². The molecule has 2 aromatic rings. The van der Waals surface area contributed by atoms with Crippen molar-refractivity contribution >= 4 is 29.2 Å². The highest BCUT2D eigenvalue weighted by atomic mass is 16.7. The van der Waals surface area contributed by atoms with Gasteiger partial charge in [0.2, 0.25) is 18.6 Å². The molecule has 0 aliphatic carbocycles. The van der Waals surface area contributed by atoms with Gasteiger partial charge >= 0.3 is 6.03 Å². The van der Waals surface area contributed by atoms with Crippen molar-refractivity contribution in [2.24, 2.45) is 0 Å². The highest BCUT2D eigenvalue weighted by Crippen LogP contribution is 2.34. The molecular formula is C22H26N4O5. The van der Waals surface area contributed by atoms with Gasteiger partial charge in [0.15, 0.2) is 11.5 Å². The second-order valence-corrected chi connectivity index (χ2v) is 7.14. The van der Waals surface area contributed by atoms with Crippen molar-refractivity contribution in [2.75, 3.05) is 37.1 Å². The molecule has 4 amide bonds. The lowest BCUT2D eigenvalue weighted by Crippen LogP contribution is -2.44. The Morgan fingerprint density at radius 2 is 1.71 bits per heavy atom. The minimum atomic E-state index is -0.662. The number of anilines is 2. The second-order valence-electron chi connectivity index (χ2n) is 7.14. The average Bonchev–Trinajstić information content (AvgIpc) is 3.17. The summed E-state index contributed by atoms with van der Waals surface area (Å²) in [7, 11) is 0. The van der Waals surface area contributed by atoms with E-state index >= 15 is 0 Å². The zero-order valence-corrected chi connectivity index (χ0v) is 17.6. The van der Waals surface area contributed by atoms with Crippen LogP contribution in [0.3, 0.4) is 0 Å². The number of hydrogen-bond acceptors (Lipinski definition) is 6. The Morgan fingerprint density at radius 3 is 2.48 bits per heavy atom. The van der Waals surface area contributed by atoms with E-state index in [4.69, 9.17) is 9.47 Å². The van der Waals surface area contributed by atoms with Gasteiger partial charge in [-0.1, -0.05) is 25.1 Å².